The third-order valence-electron chi connectivity index (χ3n) is 2.07. The van der Waals surface area contributed by atoms with Crippen molar-refractivity contribution in [3.8, 4) is 0 Å². The molecule has 0 heterocycles. The van der Waals surface area contributed by atoms with Crippen LogP contribution in [-0.2, 0) is 6.18 Å². The van der Waals surface area contributed by atoms with Crippen LogP contribution in [0, 0.1) is 0 Å². The standard InChI is InChI=1S/C11H10ClF3O/c12-7-3-6-10(16)8-4-1-2-5-9(8)11(13,14)15/h1-2,4-5H,3,6-7H2. The zero-order valence-electron chi connectivity index (χ0n) is 8.35. The predicted molar refractivity (Wildman–Crippen MR) is 55.7 cm³/mol. The van der Waals surface area contributed by atoms with Gasteiger partial charge in [-0.1, -0.05) is 18.2 Å². The molecule has 1 aromatic carbocycles. The molecule has 0 N–H and O–H groups in total. The third kappa shape index (κ3) is 3.23. The summed E-state index contributed by atoms with van der Waals surface area (Å²) in [4.78, 5) is 11.5. The molecule has 88 valence electrons. The molecule has 0 atom stereocenters. The van der Waals surface area contributed by atoms with E-state index in [1.807, 2.05) is 0 Å². The molecule has 0 saturated heterocycles. The van der Waals surface area contributed by atoms with Crippen LogP contribution in [0.4, 0.5) is 13.2 Å². The van der Waals surface area contributed by atoms with Gasteiger partial charge in [-0.05, 0) is 12.5 Å². The third-order valence-corrected chi connectivity index (χ3v) is 2.34. The summed E-state index contributed by atoms with van der Waals surface area (Å²) in [5, 5.41) is 0. The summed E-state index contributed by atoms with van der Waals surface area (Å²) in [6, 6.07) is 4.79. The SMILES string of the molecule is O=C(CCCCl)c1ccccc1C(F)(F)F. The van der Waals surface area contributed by atoms with Gasteiger partial charge in [0.2, 0.25) is 0 Å². The normalized spacial score (nSPS) is 11.5. The molecule has 0 bridgehead atoms. The Morgan fingerprint density at radius 2 is 1.88 bits per heavy atom. The topological polar surface area (TPSA) is 17.1 Å². The molecule has 0 spiro atoms. The van der Waals surface area contributed by atoms with Crippen molar-refractivity contribution >= 4 is 17.4 Å². The lowest BCUT2D eigenvalue weighted by molar-refractivity contribution is -0.137. The van der Waals surface area contributed by atoms with Crippen LogP contribution < -0.4 is 0 Å². The van der Waals surface area contributed by atoms with E-state index in [2.05, 4.69) is 0 Å². The highest BCUT2D eigenvalue weighted by Crippen LogP contribution is 2.32. The van der Waals surface area contributed by atoms with Gasteiger partial charge in [0.15, 0.2) is 5.78 Å². The van der Waals surface area contributed by atoms with E-state index in [-0.39, 0.29) is 17.9 Å². The van der Waals surface area contributed by atoms with Crippen LogP contribution in [-0.4, -0.2) is 11.7 Å². The Morgan fingerprint density at radius 3 is 2.44 bits per heavy atom. The molecule has 0 unspecified atom stereocenters. The molecule has 0 amide bonds. The summed E-state index contributed by atoms with van der Waals surface area (Å²) < 4.78 is 37.7. The average molecular weight is 251 g/mol. The minimum atomic E-state index is -4.49. The van der Waals surface area contributed by atoms with Crippen molar-refractivity contribution in [3.05, 3.63) is 35.4 Å². The molecule has 16 heavy (non-hydrogen) atoms. The van der Waals surface area contributed by atoms with Crippen molar-refractivity contribution in [1.82, 2.24) is 0 Å². The van der Waals surface area contributed by atoms with Gasteiger partial charge in [0.1, 0.15) is 0 Å². The van der Waals surface area contributed by atoms with Gasteiger partial charge >= 0.3 is 6.18 Å². The summed E-state index contributed by atoms with van der Waals surface area (Å²) in [7, 11) is 0. The monoisotopic (exact) mass is 250 g/mol. The molecule has 1 rings (SSSR count). The van der Waals surface area contributed by atoms with Gasteiger partial charge in [0.25, 0.3) is 0 Å². The molecule has 0 aliphatic carbocycles. The first-order valence-corrected chi connectivity index (χ1v) is 5.25. The van der Waals surface area contributed by atoms with Crippen LogP contribution in [0.15, 0.2) is 24.3 Å². The number of alkyl halides is 4. The van der Waals surface area contributed by atoms with Crippen LogP contribution in [0.3, 0.4) is 0 Å². The van der Waals surface area contributed by atoms with Gasteiger partial charge in [-0.3, -0.25) is 4.79 Å². The maximum absolute atomic E-state index is 12.6. The van der Waals surface area contributed by atoms with Crippen LogP contribution in [0.5, 0.6) is 0 Å². The lowest BCUT2D eigenvalue weighted by Crippen LogP contribution is -2.13. The first-order valence-electron chi connectivity index (χ1n) is 4.72. The van der Waals surface area contributed by atoms with E-state index in [1.165, 1.54) is 18.2 Å². The lowest BCUT2D eigenvalue weighted by Gasteiger charge is -2.11. The Morgan fingerprint density at radius 1 is 1.25 bits per heavy atom. The van der Waals surface area contributed by atoms with Crippen LogP contribution in [0.2, 0.25) is 0 Å². The van der Waals surface area contributed by atoms with Crippen LogP contribution in [0.25, 0.3) is 0 Å². The van der Waals surface area contributed by atoms with E-state index in [0.717, 1.165) is 6.07 Å². The number of Topliss-reactive ketones (excluding diaryl/α,β-unsaturated/α-hetero) is 1. The Bertz CT molecular complexity index is 374. The number of hydrogen-bond acceptors (Lipinski definition) is 1. The molecule has 0 saturated carbocycles. The summed E-state index contributed by atoms with van der Waals surface area (Å²) in [6.45, 7) is 0. The maximum Gasteiger partial charge on any atom is 0.417 e. The van der Waals surface area contributed by atoms with E-state index in [4.69, 9.17) is 11.6 Å². The van der Waals surface area contributed by atoms with Crippen molar-refractivity contribution in [2.75, 3.05) is 5.88 Å². The van der Waals surface area contributed by atoms with E-state index >= 15 is 0 Å². The molecule has 0 fully saturated rings. The second-order valence-electron chi connectivity index (χ2n) is 3.26. The summed E-state index contributed by atoms with van der Waals surface area (Å²) in [6.07, 6.45) is -4.07. The fraction of sp³-hybridized carbons (Fsp3) is 0.364. The summed E-state index contributed by atoms with van der Waals surface area (Å²) in [5.41, 5.74) is -1.16. The highest BCUT2D eigenvalue weighted by atomic mass is 35.5. The van der Waals surface area contributed by atoms with Gasteiger partial charge in [-0.15, -0.1) is 11.6 Å². The minimum absolute atomic E-state index is 0.0383. The highest BCUT2D eigenvalue weighted by Gasteiger charge is 2.34. The average Bonchev–Trinajstić information content (AvgIpc) is 2.24. The predicted octanol–water partition coefficient (Wildman–Crippen LogP) is 3.91. The number of halogens is 4. The molecule has 0 aliphatic heterocycles. The zero-order valence-corrected chi connectivity index (χ0v) is 9.11. The van der Waals surface area contributed by atoms with Crippen molar-refractivity contribution in [2.24, 2.45) is 0 Å². The van der Waals surface area contributed by atoms with Crippen molar-refractivity contribution in [2.45, 2.75) is 19.0 Å². The molecular formula is C11H10ClF3O. The summed E-state index contributed by atoms with van der Waals surface area (Å²) in [5.74, 6) is -0.256. The summed E-state index contributed by atoms with van der Waals surface area (Å²) >= 11 is 5.39. The second-order valence-corrected chi connectivity index (χ2v) is 3.64. The van der Waals surface area contributed by atoms with E-state index < -0.39 is 17.5 Å². The van der Waals surface area contributed by atoms with Gasteiger partial charge in [0, 0.05) is 17.9 Å². The fourth-order valence-corrected chi connectivity index (χ4v) is 1.47. The number of benzene rings is 1. The molecule has 1 aromatic rings. The maximum atomic E-state index is 12.6. The van der Waals surface area contributed by atoms with Crippen molar-refractivity contribution < 1.29 is 18.0 Å². The minimum Gasteiger partial charge on any atom is -0.294 e. The number of ketones is 1. The molecule has 0 aliphatic rings. The highest BCUT2D eigenvalue weighted by molar-refractivity contribution is 6.18. The largest absolute Gasteiger partial charge is 0.417 e. The van der Waals surface area contributed by atoms with Gasteiger partial charge in [-0.2, -0.15) is 13.2 Å². The number of hydrogen-bond donors (Lipinski definition) is 0. The Labute approximate surface area is 96.2 Å². The zero-order chi connectivity index (χ0) is 12.2. The Hall–Kier alpha value is -1.03. The van der Waals surface area contributed by atoms with Crippen molar-refractivity contribution in [1.29, 1.82) is 0 Å². The number of carbonyl (C=O) groups excluding carboxylic acids is 1. The Kier molecular flexibility index (Phi) is 4.35. The quantitative estimate of drug-likeness (QED) is 0.585. The molecule has 0 radical (unpaired) electrons. The molecule has 0 aromatic heterocycles. The molecule has 5 heteroatoms. The fourth-order valence-electron chi connectivity index (χ4n) is 1.34. The smallest absolute Gasteiger partial charge is 0.294 e. The van der Waals surface area contributed by atoms with Gasteiger partial charge < -0.3 is 0 Å². The molecular weight excluding hydrogens is 241 g/mol. The number of rotatable bonds is 4. The molecule has 1 nitrogen and oxygen atoms in total. The first-order chi connectivity index (χ1) is 7.46. The van der Waals surface area contributed by atoms with E-state index in [9.17, 15) is 18.0 Å². The lowest BCUT2D eigenvalue weighted by atomic mass is 10.0. The van der Waals surface area contributed by atoms with Crippen LogP contribution in [0.1, 0.15) is 28.8 Å². The first kappa shape index (κ1) is 13.0. The van der Waals surface area contributed by atoms with E-state index in [1.54, 1.807) is 0 Å². The van der Waals surface area contributed by atoms with Gasteiger partial charge in [0.05, 0.1) is 5.56 Å². The number of carbonyl (C=O) groups is 1. The van der Waals surface area contributed by atoms with Gasteiger partial charge in [-0.25, -0.2) is 0 Å². The van der Waals surface area contributed by atoms with E-state index in [0.29, 0.717) is 6.42 Å². The van der Waals surface area contributed by atoms with Crippen molar-refractivity contribution in [3.63, 3.8) is 0 Å². The second kappa shape index (κ2) is 5.34. The van der Waals surface area contributed by atoms with Crippen LogP contribution >= 0.6 is 11.6 Å². The Balaban J connectivity index is 3.00.